The van der Waals surface area contributed by atoms with Crippen LogP contribution in [0, 0.1) is 0 Å². The monoisotopic (exact) mass is 228 g/mol. The first kappa shape index (κ1) is 12.3. The maximum atomic E-state index is 5.82. The largest absolute Gasteiger partial charge is 0.487 e. The van der Waals surface area contributed by atoms with Crippen LogP contribution in [0.5, 0.6) is 5.75 Å². The topological polar surface area (TPSA) is 34.1 Å². The smallest absolute Gasteiger partial charge is 0.139 e. The van der Waals surface area contributed by atoms with Crippen molar-refractivity contribution in [2.24, 2.45) is 0 Å². The summed E-state index contributed by atoms with van der Waals surface area (Å²) in [6.07, 6.45) is 5.58. The van der Waals surface area contributed by atoms with Gasteiger partial charge in [0.1, 0.15) is 11.9 Å². The van der Waals surface area contributed by atoms with Gasteiger partial charge >= 0.3 is 0 Å². The summed E-state index contributed by atoms with van der Waals surface area (Å²) in [6, 6.07) is 1.78. The van der Waals surface area contributed by atoms with E-state index in [0.717, 1.165) is 25.1 Å². The van der Waals surface area contributed by atoms with Gasteiger partial charge in [0.2, 0.25) is 0 Å². The Labute approximate surface area is 95.8 Å². The number of likely N-dealkylation sites (N-methyl/N-ethyl adjacent to an activating group) is 1. The van der Waals surface area contributed by atoms with Gasteiger partial charge in [-0.05, 0) is 13.5 Å². The molecule has 1 aromatic rings. The molecule has 0 bridgehead atoms. The molecule has 4 heteroatoms. The van der Waals surface area contributed by atoms with Crippen LogP contribution in [-0.4, -0.2) is 24.7 Å². The predicted octanol–water partition coefficient (Wildman–Crippen LogP) is 2.50. The minimum atomic E-state index is 0.181. The number of hydrogen-bond acceptors (Lipinski definition) is 3. The first-order valence-corrected chi connectivity index (χ1v) is 5.56. The summed E-state index contributed by atoms with van der Waals surface area (Å²) in [5, 5.41) is 3.71. The van der Waals surface area contributed by atoms with E-state index in [2.05, 4.69) is 17.2 Å². The van der Waals surface area contributed by atoms with Crippen molar-refractivity contribution in [1.82, 2.24) is 10.3 Å². The van der Waals surface area contributed by atoms with Crippen molar-refractivity contribution in [2.75, 3.05) is 13.6 Å². The predicted molar refractivity (Wildman–Crippen MR) is 62.5 cm³/mol. The van der Waals surface area contributed by atoms with Crippen molar-refractivity contribution in [3.63, 3.8) is 0 Å². The van der Waals surface area contributed by atoms with Crippen molar-refractivity contribution in [2.45, 2.75) is 25.9 Å². The molecule has 0 aliphatic heterocycles. The number of aromatic nitrogens is 1. The Morgan fingerprint density at radius 2 is 2.33 bits per heavy atom. The zero-order chi connectivity index (χ0) is 11.1. The highest BCUT2D eigenvalue weighted by molar-refractivity contribution is 6.30. The molecule has 1 aromatic heterocycles. The van der Waals surface area contributed by atoms with Gasteiger partial charge in [-0.3, -0.25) is 4.98 Å². The van der Waals surface area contributed by atoms with Gasteiger partial charge in [0.05, 0.1) is 11.2 Å². The van der Waals surface area contributed by atoms with Gasteiger partial charge in [-0.2, -0.15) is 0 Å². The van der Waals surface area contributed by atoms with Gasteiger partial charge in [0.25, 0.3) is 0 Å². The van der Waals surface area contributed by atoms with Crippen molar-refractivity contribution in [3.05, 3.63) is 23.5 Å². The van der Waals surface area contributed by atoms with Gasteiger partial charge in [-0.1, -0.05) is 24.9 Å². The summed E-state index contributed by atoms with van der Waals surface area (Å²) in [4.78, 5) is 3.98. The number of halogens is 1. The van der Waals surface area contributed by atoms with Crippen LogP contribution in [0.3, 0.4) is 0 Å². The third kappa shape index (κ3) is 4.49. The molecule has 0 aliphatic rings. The van der Waals surface area contributed by atoms with Crippen LogP contribution in [0.15, 0.2) is 18.5 Å². The van der Waals surface area contributed by atoms with E-state index < -0.39 is 0 Å². The third-order valence-electron chi connectivity index (χ3n) is 2.02. The van der Waals surface area contributed by atoms with Crippen molar-refractivity contribution >= 4 is 11.6 Å². The van der Waals surface area contributed by atoms with Crippen LogP contribution < -0.4 is 10.1 Å². The minimum Gasteiger partial charge on any atom is -0.487 e. The summed E-state index contributed by atoms with van der Waals surface area (Å²) in [5.74, 6) is 0.733. The van der Waals surface area contributed by atoms with Gasteiger partial charge in [0, 0.05) is 18.8 Å². The van der Waals surface area contributed by atoms with Crippen molar-refractivity contribution < 1.29 is 4.74 Å². The van der Waals surface area contributed by atoms with Crippen LogP contribution in [0.2, 0.25) is 5.02 Å². The normalized spacial score (nSPS) is 12.5. The van der Waals surface area contributed by atoms with E-state index in [9.17, 15) is 0 Å². The Kier molecular flexibility index (Phi) is 5.43. The molecule has 0 fully saturated rings. The zero-order valence-corrected chi connectivity index (χ0v) is 9.92. The van der Waals surface area contributed by atoms with Gasteiger partial charge < -0.3 is 10.1 Å². The average molecular weight is 229 g/mol. The number of nitrogens with one attached hydrogen (secondary N) is 1. The molecule has 15 heavy (non-hydrogen) atoms. The summed E-state index contributed by atoms with van der Waals surface area (Å²) in [6.45, 7) is 2.97. The molecule has 1 N–H and O–H groups in total. The molecule has 0 aliphatic carbocycles. The number of rotatable bonds is 6. The van der Waals surface area contributed by atoms with Crippen LogP contribution in [0.25, 0.3) is 0 Å². The fraction of sp³-hybridized carbons (Fsp3) is 0.545. The van der Waals surface area contributed by atoms with Crippen LogP contribution in [0.1, 0.15) is 19.8 Å². The molecule has 0 radical (unpaired) electrons. The van der Waals surface area contributed by atoms with E-state index in [1.807, 2.05) is 7.05 Å². The molecular formula is C11H17ClN2O. The molecule has 0 spiro atoms. The van der Waals surface area contributed by atoms with Gasteiger partial charge in [0.15, 0.2) is 0 Å². The van der Waals surface area contributed by atoms with Crippen LogP contribution in [0.4, 0.5) is 0 Å². The lowest BCUT2D eigenvalue weighted by molar-refractivity contribution is 0.189. The summed E-state index contributed by atoms with van der Waals surface area (Å²) in [5.41, 5.74) is 0. The molecule has 0 aromatic carbocycles. The molecular weight excluding hydrogens is 212 g/mol. The highest BCUT2D eigenvalue weighted by Crippen LogP contribution is 2.17. The maximum absolute atomic E-state index is 5.82. The van der Waals surface area contributed by atoms with E-state index in [-0.39, 0.29) is 6.10 Å². The number of hydrogen-bond donors (Lipinski definition) is 1. The first-order chi connectivity index (χ1) is 7.26. The van der Waals surface area contributed by atoms with Gasteiger partial charge in [-0.25, -0.2) is 0 Å². The average Bonchev–Trinajstić information content (AvgIpc) is 2.18. The maximum Gasteiger partial charge on any atom is 0.139 e. The second-order valence-electron chi connectivity index (χ2n) is 3.43. The Morgan fingerprint density at radius 1 is 1.53 bits per heavy atom. The lowest BCUT2D eigenvalue weighted by Crippen LogP contribution is -2.29. The van der Waals surface area contributed by atoms with Crippen LogP contribution >= 0.6 is 11.6 Å². The molecule has 84 valence electrons. The van der Waals surface area contributed by atoms with Gasteiger partial charge in [-0.15, -0.1) is 0 Å². The standard InChI is InChI=1S/C11H17ClN2O/c1-3-4-10(7-13-2)15-11-5-9(12)6-14-8-11/h5-6,8,10,13H,3-4,7H2,1-2H3. The number of nitrogens with zero attached hydrogens (tertiary/aromatic N) is 1. The lowest BCUT2D eigenvalue weighted by atomic mass is 10.2. The van der Waals surface area contributed by atoms with Crippen molar-refractivity contribution in [1.29, 1.82) is 0 Å². The molecule has 3 nitrogen and oxygen atoms in total. The highest BCUT2D eigenvalue weighted by atomic mass is 35.5. The fourth-order valence-corrected chi connectivity index (χ4v) is 1.57. The first-order valence-electron chi connectivity index (χ1n) is 5.18. The lowest BCUT2D eigenvalue weighted by Gasteiger charge is -2.17. The quantitative estimate of drug-likeness (QED) is 0.813. The van der Waals surface area contributed by atoms with E-state index >= 15 is 0 Å². The zero-order valence-electron chi connectivity index (χ0n) is 9.16. The van der Waals surface area contributed by atoms with E-state index in [1.165, 1.54) is 0 Å². The minimum absolute atomic E-state index is 0.181. The Morgan fingerprint density at radius 3 is 2.93 bits per heavy atom. The Bertz CT molecular complexity index is 288. The van der Waals surface area contributed by atoms with E-state index in [4.69, 9.17) is 16.3 Å². The molecule has 1 heterocycles. The highest BCUT2D eigenvalue weighted by Gasteiger charge is 2.08. The molecule has 0 saturated heterocycles. The SMILES string of the molecule is CCCC(CNC)Oc1cncc(Cl)c1. The van der Waals surface area contributed by atoms with Crippen molar-refractivity contribution in [3.8, 4) is 5.75 Å². The third-order valence-corrected chi connectivity index (χ3v) is 2.23. The molecule has 1 atom stereocenters. The van der Waals surface area contributed by atoms with E-state index in [1.54, 1.807) is 18.5 Å². The second-order valence-corrected chi connectivity index (χ2v) is 3.86. The second kappa shape index (κ2) is 6.64. The van der Waals surface area contributed by atoms with Crippen LogP contribution in [-0.2, 0) is 0 Å². The molecule has 0 amide bonds. The van der Waals surface area contributed by atoms with E-state index in [0.29, 0.717) is 5.02 Å². The fourth-order valence-electron chi connectivity index (χ4n) is 1.40. The number of ether oxygens (including phenoxy) is 1. The summed E-state index contributed by atoms with van der Waals surface area (Å²) in [7, 11) is 1.92. The Balaban J connectivity index is 2.56. The molecule has 1 unspecified atom stereocenters. The molecule has 0 saturated carbocycles. The Hall–Kier alpha value is -0.800. The summed E-state index contributed by atoms with van der Waals surface area (Å²) >= 11 is 5.82. The summed E-state index contributed by atoms with van der Waals surface area (Å²) < 4.78 is 5.77. The molecule has 1 rings (SSSR count). The number of pyridine rings is 1.